The summed E-state index contributed by atoms with van der Waals surface area (Å²) in [6, 6.07) is 7.98. The number of anilines is 1. The molecule has 21 heavy (non-hydrogen) atoms. The Morgan fingerprint density at radius 2 is 2.10 bits per heavy atom. The average molecular weight is 284 g/mol. The topological polar surface area (TPSA) is 68.4 Å². The minimum Gasteiger partial charge on any atom is -0.497 e. The van der Waals surface area contributed by atoms with Crippen LogP contribution in [0.2, 0.25) is 0 Å². The van der Waals surface area contributed by atoms with Gasteiger partial charge in [0.15, 0.2) is 0 Å². The molecule has 4 nitrogen and oxygen atoms in total. The van der Waals surface area contributed by atoms with Crippen LogP contribution >= 0.6 is 0 Å². The van der Waals surface area contributed by atoms with E-state index in [1.807, 2.05) is 25.1 Å². The lowest BCUT2D eigenvalue weighted by Gasteiger charge is -2.34. The van der Waals surface area contributed by atoms with Crippen LogP contribution in [0.4, 0.5) is 5.82 Å². The Morgan fingerprint density at radius 3 is 2.86 bits per heavy atom. The van der Waals surface area contributed by atoms with E-state index < -0.39 is 5.60 Å². The first kappa shape index (κ1) is 13.9. The molecule has 2 aromatic rings. The molecule has 0 spiro atoms. The zero-order valence-corrected chi connectivity index (χ0v) is 12.4. The zero-order valence-electron chi connectivity index (χ0n) is 12.4. The van der Waals surface area contributed by atoms with E-state index in [0.29, 0.717) is 18.7 Å². The Kier molecular flexibility index (Phi) is 3.33. The molecule has 1 aromatic heterocycles. The molecule has 110 valence electrons. The zero-order chi connectivity index (χ0) is 15.0. The number of benzene rings is 1. The Labute approximate surface area is 124 Å². The van der Waals surface area contributed by atoms with E-state index in [1.54, 1.807) is 13.3 Å². The van der Waals surface area contributed by atoms with Crippen molar-refractivity contribution in [1.29, 1.82) is 0 Å². The molecule has 1 unspecified atom stereocenters. The summed E-state index contributed by atoms with van der Waals surface area (Å²) in [5.41, 5.74) is 9.14. The van der Waals surface area contributed by atoms with Gasteiger partial charge in [0, 0.05) is 18.2 Å². The van der Waals surface area contributed by atoms with Gasteiger partial charge in [-0.3, -0.25) is 0 Å². The van der Waals surface area contributed by atoms with E-state index in [9.17, 15) is 5.11 Å². The molecule has 3 rings (SSSR count). The third-order valence-corrected chi connectivity index (χ3v) is 4.26. The first-order chi connectivity index (χ1) is 10.0. The van der Waals surface area contributed by atoms with Crippen molar-refractivity contribution in [3.8, 4) is 5.75 Å². The summed E-state index contributed by atoms with van der Waals surface area (Å²) >= 11 is 0. The molecule has 0 amide bonds. The summed E-state index contributed by atoms with van der Waals surface area (Å²) in [5.74, 6) is 1.22. The monoisotopic (exact) mass is 284 g/mol. The van der Waals surface area contributed by atoms with Gasteiger partial charge in [0.1, 0.15) is 11.6 Å². The molecule has 4 heteroatoms. The fourth-order valence-electron chi connectivity index (χ4n) is 3.07. The number of nitrogens with zero attached hydrogens (tertiary/aromatic N) is 1. The van der Waals surface area contributed by atoms with Crippen LogP contribution < -0.4 is 10.5 Å². The number of aryl methyl sites for hydroxylation is 2. The quantitative estimate of drug-likeness (QED) is 0.888. The molecular formula is C17H20N2O2. The van der Waals surface area contributed by atoms with Crippen molar-refractivity contribution in [2.45, 2.75) is 31.8 Å². The average Bonchev–Trinajstić information content (AvgIpc) is 2.48. The summed E-state index contributed by atoms with van der Waals surface area (Å²) in [6.07, 6.45) is 3.74. The molecule has 1 aliphatic rings. The Balaban J connectivity index is 2.02. The van der Waals surface area contributed by atoms with Crippen LogP contribution in [-0.2, 0) is 18.4 Å². The third-order valence-electron chi connectivity index (χ3n) is 4.26. The summed E-state index contributed by atoms with van der Waals surface area (Å²) in [6.45, 7) is 1.96. The molecule has 0 saturated heterocycles. The van der Waals surface area contributed by atoms with Crippen LogP contribution in [0, 0.1) is 6.92 Å². The van der Waals surface area contributed by atoms with Gasteiger partial charge in [-0.25, -0.2) is 4.98 Å². The molecule has 0 aliphatic heterocycles. The molecule has 1 atom stereocenters. The molecular weight excluding hydrogens is 264 g/mol. The predicted octanol–water partition coefficient (Wildman–Crippen LogP) is 2.36. The fraction of sp³-hybridized carbons (Fsp3) is 0.353. The second-order valence-electron chi connectivity index (χ2n) is 5.79. The molecule has 1 heterocycles. The van der Waals surface area contributed by atoms with E-state index in [2.05, 4.69) is 11.1 Å². The van der Waals surface area contributed by atoms with E-state index in [0.717, 1.165) is 28.9 Å². The van der Waals surface area contributed by atoms with Gasteiger partial charge in [0.2, 0.25) is 0 Å². The van der Waals surface area contributed by atoms with E-state index in [4.69, 9.17) is 10.5 Å². The number of nitrogen functional groups attached to an aromatic ring is 1. The highest BCUT2D eigenvalue weighted by Crippen LogP contribution is 2.39. The SMILES string of the molecule is COc1ccc2c(c1)CC(O)(c1cc(C)cnc1N)CC2. The summed E-state index contributed by atoms with van der Waals surface area (Å²) in [4.78, 5) is 4.18. The van der Waals surface area contributed by atoms with Crippen molar-refractivity contribution >= 4 is 5.82 Å². The highest BCUT2D eigenvalue weighted by atomic mass is 16.5. The molecule has 0 bridgehead atoms. The standard InChI is InChI=1S/C17H20N2O2/c1-11-7-15(16(18)19-10-11)17(20)6-5-12-3-4-14(21-2)8-13(12)9-17/h3-4,7-8,10,20H,5-6,9H2,1-2H3,(H2,18,19). The molecule has 0 radical (unpaired) electrons. The Morgan fingerprint density at radius 1 is 1.29 bits per heavy atom. The van der Waals surface area contributed by atoms with Crippen molar-refractivity contribution < 1.29 is 9.84 Å². The number of ether oxygens (including phenoxy) is 1. The number of fused-ring (bicyclic) bond motifs is 1. The normalized spacial score (nSPS) is 20.9. The lowest BCUT2D eigenvalue weighted by molar-refractivity contribution is 0.0226. The number of hydrogen-bond donors (Lipinski definition) is 2. The maximum Gasteiger partial charge on any atom is 0.129 e. The highest BCUT2D eigenvalue weighted by Gasteiger charge is 2.36. The number of hydrogen-bond acceptors (Lipinski definition) is 4. The Bertz CT molecular complexity index is 684. The van der Waals surface area contributed by atoms with Crippen LogP contribution in [0.15, 0.2) is 30.5 Å². The summed E-state index contributed by atoms with van der Waals surface area (Å²) in [5, 5.41) is 11.1. The predicted molar refractivity (Wildman–Crippen MR) is 82.3 cm³/mol. The summed E-state index contributed by atoms with van der Waals surface area (Å²) < 4.78 is 5.28. The molecule has 0 fully saturated rings. The smallest absolute Gasteiger partial charge is 0.129 e. The van der Waals surface area contributed by atoms with Crippen LogP contribution in [0.5, 0.6) is 5.75 Å². The van der Waals surface area contributed by atoms with Crippen molar-refractivity contribution in [2.75, 3.05) is 12.8 Å². The van der Waals surface area contributed by atoms with Gasteiger partial charge in [-0.05, 0) is 54.7 Å². The van der Waals surface area contributed by atoms with Gasteiger partial charge in [0.05, 0.1) is 12.7 Å². The summed E-state index contributed by atoms with van der Waals surface area (Å²) in [7, 11) is 1.65. The molecule has 1 aliphatic carbocycles. The van der Waals surface area contributed by atoms with Crippen LogP contribution in [0.25, 0.3) is 0 Å². The fourth-order valence-corrected chi connectivity index (χ4v) is 3.07. The second-order valence-corrected chi connectivity index (χ2v) is 5.79. The van der Waals surface area contributed by atoms with Gasteiger partial charge in [-0.15, -0.1) is 0 Å². The number of methoxy groups -OCH3 is 1. The lowest BCUT2D eigenvalue weighted by Crippen LogP contribution is -2.34. The maximum atomic E-state index is 11.1. The molecule has 3 N–H and O–H groups in total. The number of pyridine rings is 1. The van der Waals surface area contributed by atoms with E-state index >= 15 is 0 Å². The second kappa shape index (κ2) is 5.04. The highest BCUT2D eigenvalue weighted by molar-refractivity contribution is 5.48. The van der Waals surface area contributed by atoms with E-state index in [1.165, 1.54) is 5.56 Å². The lowest BCUT2D eigenvalue weighted by atomic mass is 9.76. The van der Waals surface area contributed by atoms with Crippen molar-refractivity contribution in [2.24, 2.45) is 0 Å². The number of aliphatic hydroxyl groups is 1. The molecule has 1 aromatic carbocycles. The van der Waals surface area contributed by atoms with E-state index in [-0.39, 0.29) is 0 Å². The van der Waals surface area contributed by atoms with Gasteiger partial charge >= 0.3 is 0 Å². The van der Waals surface area contributed by atoms with Crippen LogP contribution in [-0.4, -0.2) is 17.2 Å². The van der Waals surface area contributed by atoms with Crippen LogP contribution in [0.1, 0.15) is 28.7 Å². The minimum absolute atomic E-state index is 0.412. The van der Waals surface area contributed by atoms with Gasteiger partial charge in [0.25, 0.3) is 0 Å². The Hall–Kier alpha value is -2.07. The molecule has 0 saturated carbocycles. The number of rotatable bonds is 2. The third kappa shape index (κ3) is 2.47. The van der Waals surface area contributed by atoms with Crippen molar-refractivity contribution in [3.05, 3.63) is 52.7 Å². The number of aromatic nitrogens is 1. The number of nitrogens with two attached hydrogens (primary N) is 1. The van der Waals surface area contributed by atoms with Gasteiger partial charge in [-0.1, -0.05) is 6.07 Å². The van der Waals surface area contributed by atoms with Crippen LogP contribution in [0.3, 0.4) is 0 Å². The van der Waals surface area contributed by atoms with Crippen molar-refractivity contribution in [3.63, 3.8) is 0 Å². The van der Waals surface area contributed by atoms with Gasteiger partial charge in [-0.2, -0.15) is 0 Å². The van der Waals surface area contributed by atoms with Gasteiger partial charge < -0.3 is 15.6 Å². The first-order valence-electron chi connectivity index (χ1n) is 7.12. The largest absolute Gasteiger partial charge is 0.497 e. The maximum absolute atomic E-state index is 11.1. The minimum atomic E-state index is -0.956. The first-order valence-corrected chi connectivity index (χ1v) is 7.12. The van der Waals surface area contributed by atoms with Crippen molar-refractivity contribution in [1.82, 2.24) is 4.98 Å².